The van der Waals surface area contributed by atoms with Crippen LogP contribution in [-0.2, 0) is 16.1 Å². The van der Waals surface area contributed by atoms with E-state index < -0.39 is 6.04 Å². The first kappa shape index (κ1) is 44.9. The molecule has 6 aliphatic rings. The molecule has 11 rings (SSSR count). The van der Waals surface area contributed by atoms with Crippen LogP contribution in [0.3, 0.4) is 0 Å². The molecule has 2 aromatic heterocycles. The van der Waals surface area contributed by atoms with Gasteiger partial charge in [-0.2, -0.15) is 5.10 Å². The van der Waals surface area contributed by atoms with E-state index in [9.17, 15) is 19.2 Å². The molecule has 6 aliphatic heterocycles. The number of benzene rings is 3. The number of hydrogen-bond acceptors (Lipinski definition) is 12. The molecular formula is C52H62N12O5. The number of carbonyl (C=O) groups is 4. The molecule has 0 radical (unpaired) electrons. The summed E-state index contributed by atoms with van der Waals surface area (Å²) in [6, 6.07) is 23.9. The number of hydrogen-bond donors (Lipinski definition) is 2. The minimum absolute atomic E-state index is 0.132. The summed E-state index contributed by atoms with van der Waals surface area (Å²) >= 11 is 0. The van der Waals surface area contributed by atoms with Crippen LogP contribution in [-0.4, -0.2) is 152 Å². The first-order valence-corrected chi connectivity index (χ1v) is 25.1. The SMILES string of the molecule is Nc1ncnc2c1c(-c1ccc(Oc3ccccc3)cc1)nn2[C@@H]1CCCN(C2CCN(C(=O)N3CCN(CCC4CCN(c5ccc6c(c5)CN(C5CCC(=O)NC5=O)C6=O)CC4)CC3)CC2)C1. The molecule has 17 heteroatoms. The molecule has 3 aromatic carbocycles. The third kappa shape index (κ3) is 9.33. The molecule has 5 fully saturated rings. The lowest BCUT2D eigenvalue weighted by Crippen LogP contribution is -2.56. The number of nitrogens with two attached hydrogens (primary N) is 1. The maximum absolute atomic E-state index is 13.8. The van der Waals surface area contributed by atoms with Crippen LogP contribution in [0.5, 0.6) is 11.5 Å². The summed E-state index contributed by atoms with van der Waals surface area (Å²) in [4.78, 5) is 73.6. The van der Waals surface area contributed by atoms with Crippen molar-refractivity contribution in [2.45, 2.75) is 82.5 Å². The Bertz CT molecular complexity index is 2690. The summed E-state index contributed by atoms with van der Waals surface area (Å²) in [6.45, 7) is 10.2. The molecule has 8 heterocycles. The number of piperazine rings is 1. The number of anilines is 2. The maximum Gasteiger partial charge on any atom is 0.320 e. The number of aromatic nitrogens is 4. The zero-order valence-corrected chi connectivity index (χ0v) is 39.3. The Kier molecular flexibility index (Phi) is 12.6. The van der Waals surface area contributed by atoms with E-state index in [2.05, 4.69) is 45.5 Å². The summed E-state index contributed by atoms with van der Waals surface area (Å²) in [5.41, 5.74) is 11.7. The Labute approximate surface area is 402 Å². The summed E-state index contributed by atoms with van der Waals surface area (Å²) in [5, 5.41) is 8.34. The molecular weight excluding hydrogens is 873 g/mol. The first-order chi connectivity index (χ1) is 33.7. The van der Waals surface area contributed by atoms with Gasteiger partial charge in [0.2, 0.25) is 11.8 Å². The van der Waals surface area contributed by atoms with Crippen LogP contribution in [0.2, 0.25) is 0 Å². The number of nitrogens with one attached hydrogen (secondary N) is 1. The molecule has 5 aromatic rings. The predicted molar refractivity (Wildman–Crippen MR) is 262 cm³/mol. The number of ether oxygens (including phenoxy) is 1. The second-order valence-corrected chi connectivity index (χ2v) is 19.8. The summed E-state index contributed by atoms with van der Waals surface area (Å²) < 4.78 is 8.12. The highest BCUT2D eigenvalue weighted by Crippen LogP contribution is 2.37. The number of imide groups is 1. The van der Waals surface area contributed by atoms with Crippen molar-refractivity contribution in [3.8, 4) is 22.8 Å². The Morgan fingerprint density at radius 3 is 2.29 bits per heavy atom. The van der Waals surface area contributed by atoms with Crippen LogP contribution in [0.25, 0.3) is 22.3 Å². The van der Waals surface area contributed by atoms with E-state index >= 15 is 0 Å². The lowest BCUT2D eigenvalue weighted by Gasteiger charge is -2.44. The van der Waals surface area contributed by atoms with Crippen LogP contribution in [0, 0.1) is 5.92 Å². The highest BCUT2D eigenvalue weighted by molar-refractivity contribution is 6.05. The molecule has 17 nitrogen and oxygen atoms in total. The number of nitrogens with zero attached hydrogens (tertiary/aromatic N) is 10. The van der Waals surface area contributed by atoms with E-state index in [-0.39, 0.29) is 36.2 Å². The van der Waals surface area contributed by atoms with Gasteiger partial charge in [-0.3, -0.25) is 29.5 Å². The van der Waals surface area contributed by atoms with Crippen molar-refractivity contribution in [3.05, 3.63) is 90.3 Å². The molecule has 2 atom stereocenters. The fraction of sp³-hybridized carbons (Fsp3) is 0.481. The molecule has 5 amide bonds. The van der Waals surface area contributed by atoms with Gasteiger partial charge in [-0.1, -0.05) is 18.2 Å². The van der Waals surface area contributed by atoms with Gasteiger partial charge in [0, 0.05) is 94.7 Å². The number of rotatable bonds is 10. The Hall–Kier alpha value is -6.59. The van der Waals surface area contributed by atoms with Crippen molar-refractivity contribution in [2.24, 2.45) is 5.92 Å². The third-order valence-corrected chi connectivity index (χ3v) is 15.6. The van der Waals surface area contributed by atoms with Gasteiger partial charge in [-0.05, 0) is 131 Å². The second kappa shape index (κ2) is 19.4. The molecule has 360 valence electrons. The number of para-hydroxylation sites is 1. The summed E-state index contributed by atoms with van der Waals surface area (Å²) in [7, 11) is 0. The van der Waals surface area contributed by atoms with Gasteiger partial charge in [0.1, 0.15) is 35.4 Å². The molecule has 69 heavy (non-hydrogen) atoms. The Morgan fingerprint density at radius 2 is 1.52 bits per heavy atom. The Morgan fingerprint density at radius 1 is 0.768 bits per heavy atom. The lowest BCUT2D eigenvalue weighted by molar-refractivity contribution is -0.136. The average molecular weight is 935 g/mol. The molecule has 0 saturated carbocycles. The van der Waals surface area contributed by atoms with E-state index in [1.165, 1.54) is 6.33 Å². The molecule has 5 saturated heterocycles. The maximum atomic E-state index is 13.8. The minimum Gasteiger partial charge on any atom is -0.457 e. The molecule has 0 bridgehead atoms. The largest absolute Gasteiger partial charge is 0.457 e. The normalized spacial score (nSPS) is 22.3. The number of fused-ring (bicyclic) bond motifs is 2. The van der Waals surface area contributed by atoms with Crippen LogP contribution < -0.4 is 20.7 Å². The lowest BCUT2D eigenvalue weighted by atomic mass is 9.92. The van der Waals surface area contributed by atoms with Gasteiger partial charge in [0.25, 0.3) is 5.91 Å². The highest BCUT2D eigenvalue weighted by atomic mass is 16.5. The number of carbonyl (C=O) groups excluding carboxylic acids is 4. The number of likely N-dealkylation sites (tertiary alicyclic amines) is 2. The number of urea groups is 1. The molecule has 3 N–H and O–H groups in total. The van der Waals surface area contributed by atoms with Gasteiger partial charge >= 0.3 is 6.03 Å². The van der Waals surface area contributed by atoms with Crippen LogP contribution >= 0.6 is 0 Å². The molecule has 0 spiro atoms. The molecule has 1 unspecified atom stereocenters. The van der Waals surface area contributed by atoms with Gasteiger partial charge in [-0.25, -0.2) is 19.4 Å². The summed E-state index contributed by atoms with van der Waals surface area (Å²) in [5.74, 6) is 1.81. The van der Waals surface area contributed by atoms with E-state index in [1.54, 1.807) is 4.90 Å². The quantitative estimate of drug-likeness (QED) is 0.162. The Balaban J connectivity index is 0.622. The zero-order chi connectivity index (χ0) is 47.0. The standard InChI is InChI=1S/C52H62N12O5/c53-48-46-47(36-8-11-42(12-9-36)69-41-6-2-1-3-7-41)57-64(49(46)55-34-54-48)40-5-4-21-62(33-40)38-19-25-60(26-20-38)52(68)61-29-27-58(28-30-61)22-16-35-17-23-59(24-18-35)39-10-13-43-37(31-39)32-63(51(43)67)44-14-15-45(65)56-50(44)66/h1-3,6-13,31,34-35,38,40,44H,4-5,14-30,32-33H2,(H2,53,54,55)(H,56,65,66)/t40-,44?/m1/s1. The van der Waals surface area contributed by atoms with Gasteiger partial charge in [-0.15, -0.1) is 0 Å². The van der Waals surface area contributed by atoms with Gasteiger partial charge < -0.3 is 30.1 Å². The van der Waals surface area contributed by atoms with E-state index in [0.717, 1.165) is 162 Å². The summed E-state index contributed by atoms with van der Waals surface area (Å²) in [6.07, 6.45) is 9.54. The van der Waals surface area contributed by atoms with Crippen molar-refractivity contribution in [1.82, 2.24) is 49.6 Å². The monoisotopic (exact) mass is 934 g/mol. The van der Waals surface area contributed by atoms with Crippen molar-refractivity contribution in [2.75, 3.05) is 82.6 Å². The first-order valence-electron chi connectivity index (χ1n) is 25.1. The number of amides is 5. The predicted octanol–water partition coefficient (Wildman–Crippen LogP) is 5.77. The van der Waals surface area contributed by atoms with Crippen LogP contribution in [0.1, 0.15) is 79.8 Å². The van der Waals surface area contributed by atoms with E-state index in [0.29, 0.717) is 36.3 Å². The van der Waals surface area contributed by atoms with Crippen molar-refractivity contribution < 1.29 is 23.9 Å². The number of nitrogen functional groups attached to an aromatic ring is 1. The fourth-order valence-corrected chi connectivity index (χ4v) is 11.7. The van der Waals surface area contributed by atoms with Gasteiger partial charge in [0.15, 0.2) is 5.65 Å². The average Bonchev–Trinajstić information content (AvgIpc) is 3.94. The topological polar surface area (TPSA) is 179 Å². The van der Waals surface area contributed by atoms with Crippen molar-refractivity contribution >= 4 is 46.3 Å². The van der Waals surface area contributed by atoms with E-state index in [4.69, 9.17) is 20.6 Å². The van der Waals surface area contributed by atoms with Crippen LogP contribution in [0.4, 0.5) is 16.3 Å². The third-order valence-electron chi connectivity index (χ3n) is 15.6. The number of piperidine rings is 4. The smallest absolute Gasteiger partial charge is 0.320 e. The second-order valence-electron chi connectivity index (χ2n) is 19.8. The molecule has 0 aliphatic carbocycles. The van der Waals surface area contributed by atoms with Gasteiger partial charge in [0.05, 0.1) is 11.4 Å². The zero-order valence-electron chi connectivity index (χ0n) is 39.3. The highest BCUT2D eigenvalue weighted by Gasteiger charge is 2.40. The van der Waals surface area contributed by atoms with E-state index in [1.807, 2.05) is 66.7 Å². The van der Waals surface area contributed by atoms with Crippen LogP contribution in [0.15, 0.2) is 79.1 Å². The van der Waals surface area contributed by atoms with Crippen molar-refractivity contribution in [1.29, 1.82) is 0 Å². The van der Waals surface area contributed by atoms with Crippen molar-refractivity contribution in [3.63, 3.8) is 0 Å². The fourth-order valence-electron chi connectivity index (χ4n) is 11.7. The minimum atomic E-state index is -0.599.